The van der Waals surface area contributed by atoms with Gasteiger partial charge in [0.05, 0.1) is 0 Å². The van der Waals surface area contributed by atoms with Gasteiger partial charge in [0.25, 0.3) is 0 Å². The van der Waals surface area contributed by atoms with Gasteiger partial charge in [0, 0.05) is 52.2 Å². The predicted molar refractivity (Wildman–Crippen MR) is 117 cm³/mol. The molecule has 0 radical (unpaired) electrons. The van der Waals surface area contributed by atoms with Gasteiger partial charge in [-0.3, -0.25) is 4.99 Å². The molecule has 9 heteroatoms. The fourth-order valence-corrected chi connectivity index (χ4v) is 3.09. The van der Waals surface area contributed by atoms with E-state index in [0.29, 0.717) is 6.54 Å². The molecule has 1 aromatic carbocycles. The van der Waals surface area contributed by atoms with E-state index in [1.54, 1.807) is 31.6 Å². The molecule has 2 heterocycles. The first-order valence-electron chi connectivity index (χ1n) is 9.01. The van der Waals surface area contributed by atoms with E-state index in [-0.39, 0.29) is 29.9 Å². The largest absolute Gasteiger partial charge is 0.356 e. The van der Waals surface area contributed by atoms with Crippen LogP contribution in [0, 0.1) is 11.6 Å². The van der Waals surface area contributed by atoms with Crippen LogP contribution < -0.4 is 10.2 Å². The van der Waals surface area contributed by atoms with Crippen molar-refractivity contribution in [2.45, 2.75) is 12.8 Å². The lowest BCUT2D eigenvalue weighted by atomic mass is 10.0. The smallest absolute Gasteiger partial charge is 0.225 e. The van der Waals surface area contributed by atoms with Gasteiger partial charge >= 0.3 is 0 Å². The number of aromatic nitrogens is 2. The van der Waals surface area contributed by atoms with Crippen molar-refractivity contribution in [1.29, 1.82) is 0 Å². The van der Waals surface area contributed by atoms with Crippen LogP contribution in [0.5, 0.6) is 0 Å². The monoisotopic (exact) mass is 502 g/mol. The number of rotatable bonds is 4. The summed E-state index contributed by atoms with van der Waals surface area (Å²) in [7, 11) is 1.75. The van der Waals surface area contributed by atoms with Crippen LogP contribution >= 0.6 is 24.0 Å². The lowest BCUT2D eigenvalue weighted by Gasteiger charge is -2.36. The van der Waals surface area contributed by atoms with Crippen molar-refractivity contribution in [3.63, 3.8) is 0 Å². The normalized spacial score (nSPS) is 15.8. The van der Waals surface area contributed by atoms with Gasteiger partial charge in [-0.25, -0.2) is 18.7 Å². The SMILES string of the molecule is CN=C(NCC(C)c1ccc(F)c(F)c1)N1CCN(c2ncccn2)CC1.I. The average Bonchev–Trinajstić information content (AvgIpc) is 2.71. The third-order valence-corrected chi connectivity index (χ3v) is 4.71. The Hall–Kier alpha value is -2.04. The maximum absolute atomic E-state index is 13.4. The fraction of sp³-hybridized carbons (Fsp3) is 0.421. The molecule has 0 saturated carbocycles. The zero-order valence-corrected chi connectivity index (χ0v) is 18.3. The van der Waals surface area contributed by atoms with Crippen molar-refractivity contribution in [1.82, 2.24) is 20.2 Å². The van der Waals surface area contributed by atoms with E-state index >= 15 is 0 Å². The molecular weight excluding hydrogens is 477 g/mol. The molecule has 1 saturated heterocycles. The van der Waals surface area contributed by atoms with Gasteiger partial charge in [-0.05, 0) is 29.7 Å². The van der Waals surface area contributed by atoms with Gasteiger partial charge in [0.1, 0.15) is 0 Å². The van der Waals surface area contributed by atoms with Gasteiger partial charge < -0.3 is 15.1 Å². The van der Waals surface area contributed by atoms with Crippen LogP contribution in [-0.2, 0) is 0 Å². The fourth-order valence-electron chi connectivity index (χ4n) is 3.09. The molecule has 1 unspecified atom stereocenters. The van der Waals surface area contributed by atoms with Crippen molar-refractivity contribution in [2.24, 2.45) is 4.99 Å². The minimum Gasteiger partial charge on any atom is -0.356 e. The second kappa shape index (κ2) is 10.5. The van der Waals surface area contributed by atoms with E-state index in [1.165, 1.54) is 12.1 Å². The Kier molecular flexibility index (Phi) is 8.34. The number of piperazine rings is 1. The molecule has 1 atom stereocenters. The number of guanidine groups is 1. The van der Waals surface area contributed by atoms with Crippen molar-refractivity contribution in [3.05, 3.63) is 53.9 Å². The average molecular weight is 502 g/mol. The van der Waals surface area contributed by atoms with E-state index in [9.17, 15) is 8.78 Å². The van der Waals surface area contributed by atoms with Crippen LogP contribution in [0.15, 0.2) is 41.7 Å². The molecule has 0 bridgehead atoms. The van der Waals surface area contributed by atoms with Crippen LogP contribution in [0.25, 0.3) is 0 Å². The van der Waals surface area contributed by atoms with E-state index in [2.05, 4.69) is 30.1 Å². The zero-order valence-electron chi connectivity index (χ0n) is 16.0. The molecule has 1 fully saturated rings. The highest BCUT2D eigenvalue weighted by Gasteiger charge is 2.21. The molecular formula is C19H25F2IN6. The second-order valence-electron chi connectivity index (χ2n) is 6.53. The standard InChI is InChI=1S/C19H24F2N6.HI/c1-14(15-4-5-16(20)17(21)12-15)13-25-18(22-2)26-8-10-27(11-9-26)19-23-6-3-7-24-19;/h3-7,12,14H,8-11,13H2,1-2H3,(H,22,25);1H. The highest BCUT2D eigenvalue weighted by molar-refractivity contribution is 14.0. The van der Waals surface area contributed by atoms with Crippen molar-refractivity contribution in [2.75, 3.05) is 44.7 Å². The lowest BCUT2D eigenvalue weighted by Crippen LogP contribution is -2.53. The second-order valence-corrected chi connectivity index (χ2v) is 6.53. The minimum atomic E-state index is -0.824. The van der Waals surface area contributed by atoms with Crippen LogP contribution in [0.4, 0.5) is 14.7 Å². The summed E-state index contributed by atoms with van der Waals surface area (Å²) in [5.74, 6) is -0.0704. The molecule has 3 rings (SSSR count). The molecule has 6 nitrogen and oxygen atoms in total. The van der Waals surface area contributed by atoms with Gasteiger partial charge in [0.2, 0.25) is 5.95 Å². The minimum absolute atomic E-state index is 0. The summed E-state index contributed by atoms with van der Waals surface area (Å²) >= 11 is 0. The topological polar surface area (TPSA) is 56.7 Å². The lowest BCUT2D eigenvalue weighted by molar-refractivity contribution is 0.369. The summed E-state index contributed by atoms with van der Waals surface area (Å²) in [5.41, 5.74) is 0.753. The molecule has 28 heavy (non-hydrogen) atoms. The Morgan fingerprint density at radius 2 is 1.82 bits per heavy atom. The first-order valence-corrected chi connectivity index (χ1v) is 9.01. The van der Waals surface area contributed by atoms with Crippen LogP contribution in [0.2, 0.25) is 0 Å². The first kappa shape index (κ1) is 22.3. The zero-order chi connectivity index (χ0) is 19.2. The molecule has 152 valence electrons. The Labute approximate surface area is 181 Å². The molecule has 2 aromatic rings. The van der Waals surface area contributed by atoms with Gasteiger partial charge in [0.15, 0.2) is 17.6 Å². The Bertz CT molecular complexity index is 781. The summed E-state index contributed by atoms with van der Waals surface area (Å²) in [4.78, 5) is 17.3. The summed E-state index contributed by atoms with van der Waals surface area (Å²) in [5, 5.41) is 3.34. The number of halogens is 3. The summed E-state index contributed by atoms with van der Waals surface area (Å²) in [6, 6.07) is 5.84. The maximum atomic E-state index is 13.4. The third-order valence-electron chi connectivity index (χ3n) is 4.71. The number of benzene rings is 1. The molecule has 0 spiro atoms. The molecule has 1 aliphatic heterocycles. The summed E-state index contributed by atoms with van der Waals surface area (Å²) in [6.07, 6.45) is 3.49. The number of nitrogens with zero attached hydrogens (tertiary/aromatic N) is 5. The number of hydrogen-bond acceptors (Lipinski definition) is 4. The summed E-state index contributed by atoms with van der Waals surface area (Å²) < 4.78 is 26.5. The molecule has 0 aliphatic carbocycles. The van der Waals surface area contributed by atoms with Gasteiger partial charge in [-0.2, -0.15) is 0 Å². The molecule has 1 N–H and O–H groups in total. The van der Waals surface area contributed by atoms with Gasteiger partial charge in [-0.15, -0.1) is 24.0 Å². The third kappa shape index (κ3) is 5.49. The number of anilines is 1. The van der Waals surface area contributed by atoms with Crippen LogP contribution in [0.3, 0.4) is 0 Å². The van der Waals surface area contributed by atoms with Gasteiger partial charge in [-0.1, -0.05) is 13.0 Å². The Morgan fingerprint density at radius 1 is 1.14 bits per heavy atom. The molecule has 1 aliphatic rings. The number of nitrogens with one attached hydrogen (secondary N) is 1. The maximum Gasteiger partial charge on any atom is 0.225 e. The van der Waals surface area contributed by atoms with Crippen molar-refractivity contribution in [3.8, 4) is 0 Å². The first-order chi connectivity index (χ1) is 13.1. The van der Waals surface area contributed by atoms with Crippen molar-refractivity contribution < 1.29 is 8.78 Å². The van der Waals surface area contributed by atoms with Crippen LogP contribution in [-0.4, -0.2) is 60.6 Å². The van der Waals surface area contributed by atoms with Crippen LogP contribution in [0.1, 0.15) is 18.4 Å². The predicted octanol–water partition coefficient (Wildman–Crippen LogP) is 2.87. The molecule has 0 amide bonds. The number of aliphatic imine (C=N–C) groups is 1. The van der Waals surface area contributed by atoms with E-state index in [4.69, 9.17) is 0 Å². The highest BCUT2D eigenvalue weighted by Crippen LogP contribution is 2.17. The number of hydrogen-bond donors (Lipinski definition) is 1. The molecule has 1 aromatic heterocycles. The van der Waals surface area contributed by atoms with Crippen molar-refractivity contribution >= 4 is 35.9 Å². The van der Waals surface area contributed by atoms with E-state index < -0.39 is 11.6 Å². The Balaban J connectivity index is 0.00000280. The quantitative estimate of drug-likeness (QED) is 0.396. The van der Waals surface area contributed by atoms with E-state index in [0.717, 1.165) is 43.7 Å². The Morgan fingerprint density at radius 3 is 2.43 bits per heavy atom. The van der Waals surface area contributed by atoms with E-state index in [1.807, 2.05) is 6.92 Å². The highest BCUT2D eigenvalue weighted by atomic mass is 127. The summed E-state index contributed by atoms with van der Waals surface area (Å²) in [6.45, 7) is 5.78.